The topological polar surface area (TPSA) is 64.2 Å². The van der Waals surface area contributed by atoms with E-state index in [0.717, 1.165) is 23.6 Å². The lowest BCUT2D eigenvalue weighted by atomic mass is 9.98. The molecule has 2 heterocycles. The molecular weight excluding hydrogens is 333 g/mol. The van der Waals surface area contributed by atoms with Crippen LogP contribution in [0.25, 0.3) is 5.69 Å². The van der Waals surface area contributed by atoms with Crippen molar-refractivity contribution in [1.29, 1.82) is 0 Å². The number of hydrogen-bond donors (Lipinski definition) is 1. The van der Waals surface area contributed by atoms with Gasteiger partial charge in [-0.05, 0) is 44.0 Å². The molecule has 1 amide bonds. The molecule has 1 saturated heterocycles. The quantitative estimate of drug-likeness (QED) is 0.904. The molecule has 2 atom stereocenters. The van der Waals surface area contributed by atoms with Crippen molar-refractivity contribution in [1.82, 2.24) is 14.7 Å². The third kappa shape index (κ3) is 3.68. The van der Waals surface area contributed by atoms with Gasteiger partial charge in [0.15, 0.2) is 5.69 Å². The summed E-state index contributed by atoms with van der Waals surface area (Å²) < 4.78 is 39.2. The molecule has 1 aromatic carbocycles. The average molecular weight is 352 g/mol. The van der Waals surface area contributed by atoms with Gasteiger partial charge in [-0.2, -0.15) is 18.3 Å². The van der Waals surface area contributed by atoms with E-state index in [1.54, 1.807) is 29.2 Å². The summed E-state index contributed by atoms with van der Waals surface area (Å²) in [6, 6.07) is 7.48. The minimum Gasteiger partial charge on any atom is -0.336 e. The van der Waals surface area contributed by atoms with Gasteiger partial charge in [0.05, 0.1) is 5.69 Å². The first-order valence-corrected chi connectivity index (χ1v) is 8.05. The Balaban J connectivity index is 1.84. The number of benzene rings is 1. The minimum atomic E-state index is -4.50. The first-order valence-electron chi connectivity index (χ1n) is 8.05. The molecule has 0 spiro atoms. The van der Waals surface area contributed by atoms with Crippen molar-refractivity contribution in [2.75, 3.05) is 6.54 Å². The molecule has 134 valence electrons. The largest absolute Gasteiger partial charge is 0.435 e. The summed E-state index contributed by atoms with van der Waals surface area (Å²) in [6.45, 7) is 2.52. The van der Waals surface area contributed by atoms with Gasteiger partial charge in [0, 0.05) is 30.4 Å². The molecule has 25 heavy (non-hydrogen) atoms. The molecule has 5 nitrogen and oxygen atoms in total. The molecular formula is C17H19F3N4O. The first-order chi connectivity index (χ1) is 11.8. The van der Waals surface area contributed by atoms with Crippen molar-refractivity contribution >= 4 is 5.91 Å². The monoisotopic (exact) mass is 352 g/mol. The Morgan fingerprint density at radius 1 is 1.32 bits per heavy atom. The third-order valence-corrected chi connectivity index (χ3v) is 4.41. The number of nitrogens with zero attached hydrogens (tertiary/aromatic N) is 3. The Kier molecular flexibility index (Phi) is 4.55. The van der Waals surface area contributed by atoms with Gasteiger partial charge in [-0.3, -0.25) is 4.79 Å². The number of aromatic nitrogens is 2. The molecule has 2 N–H and O–H groups in total. The zero-order chi connectivity index (χ0) is 18.2. The minimum absolute atomic E-state index is 0.0291. The molecule has 1 fully saturated rings. The summed E-state index contributed by atoms with van der Waals surface area (Å²) in [5.41, 5.74) is 5.78. The van der Waals surface area contributed by atoms with E-state index in [1.165, 1.54) is 6.20 Å². The van der Waals surface area contributed by atoms with Crippen LogP contribution < -0.4 is 5.73 Å². The van der Waals surface area contributed by atoms with Gasteiger partial charge in [0.25, 0.3) is 5.91 Å². The predicted octanol–water partition coefficient (Wildman–Crippen LogP) is 2.84. The number of nitrogens with two attached hydrogens (primary N) is 1. The fourth-order valence-electron chi connectivity index (χ4n) is 3.08. The number of carbonyl (C=O) groups is 1. The highest BCUT2D eigenvalue weighted by atomic mass is 19.4. The van der Waals surface area contributed by atoms with Gasteiger partial charge in [-0.25, -0.2) is 4.68 Å². The predicted molar refractivity (Wildman–Crippen MR) is 86.3 cm³/mol. The second kappa shape index (κ2) is 6.51. The zero-order valence-corrected chi connectivity index (χ0v) is 13.7. The number of likely N-dealkylation sites (tertiary alicyclic amines) is 1. The van der Waals surface area contributed by atoms with Crippen LogP contribution in [0.15, 0.2) is 36.5 Å². The fraction of sp³-hybridized carbons (Fsp3) is 0.412. The fourth-order valence-corrected chi connectivity index (χ4v) is 3.08. The van der Waals surface area contributed by atoms with Gasteiger partial charge >= 0.3 is 6.18 Å². The van der Waals surface area contributed by atoms with Crippen LogP contribution in [0.4, 0.5) is 13.2 Å². The summed E-state index contributed by atoms with van der Waals surface area (Å²) in [6.07, 6.45) is -1.79. The summed E-state index contributed by atoms with van der Waals surface area (Å²) >= 11 is 0. The molecule has 1 aliphatic rings. The van der Waals surface area contributed by atoms with Gasteiger partial charge in [0.1, 0.15) is 0 Å². The Bertz CT molecular complexity index is 771. The van der Waals surface area contributed by atoms with Crippen LogP contribution in [0.3, 0.4) is 0 Å². The van der Waals surface area contributed by atoms with E-state index in [4.69, 9.17) is 5.73 Å². The second-order valence-corrected chi connectivity index (χ2v) is 6.33. The first kappa shape index (κ1) is 17.5. The van der Waals surface area contributed by atoms with Gasteiger partial charge in [0.2, 0.25) is 0 Å². The molecule has 0 aliphatic carbocycles. The Labute approximate surface area is 143 Å². The van der Waals surface area contributed by atoms with Crippen molar-refractivity contribution in [2.24, 2.45) is 5.73 Å². The van der Waals surface area contributed by atoms with Crippen LogP contribution in [-0.2, 0) is 6.18 Å². The van der Waals surface area contributed by atoms with Crippen LogP contribution in [0.5, 0.6) is 0 Å². The number of alkyl halides is 3. The second-order valence-electron chi connectivity index (χ2n) is 6.33. The van der Waals surface area contributed by atoms with Crippen molar-refractivity contribution in [3.8, 4) is 5.69 Å². The van der Waals surface area contributed by atoms with Crippen molar-refractivity contribution in [2.45, 2.75) is 38.0 Å². The highest BCUT2D eigenvalue weighted by Gasteiger charge is 2.33. The van der Waals surface area contributed by atoms with E-state index in [0.29, 0.717) is 17.8 Å². The van der Waals surface area contributed by atoms with Gasteiger partial charge in [-0.15, -0.1) is 0 Å². The van der Waals surface area contributed by atoms with Crippen molar-refractivity contribution < 1.29 is 18.0 Å². The summed E-state index contributed by atoms with van der Waals surface area (Å²) in [5, 5.41) is 3.54. The number of piperidine rings is 1. The molecule has 1 aliphatic heterocycles. The number of rotatable bonds is 2. The van der Waals surface area contributed by atoms with Crippen LogP contribution in [0.2, 0.25) is 0 Å². The number of hydrogen-bond acceptors (Lipinski definition) is 3. The summed E-state index contributed by atoms with van der Waals surface area (Å²) in [4.78, 5) is 14.5. The van der Waals surface area contributed by atoms with E-state index in [-0.39, 0.29) is 18.0 Å². The van der Waals surface area contributed by atoms with Crippen LogP contribution in [0.1, 0.15) is 35.8 Å². The number of amides is 1. The molecule has 0 radical (unpaired) electrons. The maximum atomic E-state index is 12.7. The van der Waals surface area contributed by atoms with E-state index < -0.39 is 11.9 Å². The molecule has 0 bridgehead atoms. The molecule has 0 unspecified atom stereocenters. The lowest BCUT2D eigenvalue weighted by Crippen LogP contribution is -2.48. The van der Waals surface area contributed by atoms with Gasteiger partial charge in [-0.1, -0.05) is 6.07 Å². The van der Waals surface area contributed by atoms with E-state index in [1.807, 2.05) is 6.92 Å². The normalized spacial score (nSPS) is 21.4. The molecule has 0 saturated carbocycles. The van der Waals surface area contributed by atoms with Crippen molar-refractivity contribution in [3.05, 3.63) is 47.8 Å². The highest BCUT2D eigenvalue weighted by Crippen LogP contribution is 2.28. The van der Waals surface area contributed by atoms with Crippen molar-refractivity contribution in [3.63, 3.8) is 0 Å². The highest BCUT2D eigenvalue weighted by molar-refractivity contribution is 5.95. The van der Waals surface area contributed by atoms with E-state index >= 15 is 0 Å². The standard InChI is InChI=1S/C17H19F3N4O/c1-11-9-13(21)5-7-23(11)16(25)12-3-2-4-14(10-12)24-8-6-15(22-24)17(18,19)20/h2-4,6,8,10-11,13H,5,7,9,21H2,1H3/t11-,13-/m0/s1. The SMILES string of the molecule is C[C@H]1C[C@@H](N)CCN1C(=O)c1cccc(-n2ccc(C(F)(F)F)n2)c1. The van der Waals surface area contributed by atoms with E-state index in [2.05, 4.69) is 5.10 Å². The molecule has 8 heteroatoms. The number of carbonyl (C=O) groups excluding carboxylic acids is 1. The maximum absolute atomic E-state index is 12.7. The van der Waals surface area contributed by atoms with Gasteiger partial charge < -0.3 is 10.6 Å². The molecule has 2 aromatic rings. The Hall–Kier alpha value is -2.35. The van der Waals surface area contributed by atoms with Crippen LogP contribution >= 0.6 is 0 Å². The zero-order valence-electron chi connectivity index (χ0n) is 13.7. The third-order valence-electron chi connectivity index (χ3n) is 4.41. The Morgan fingerprint density at radius 3 is 2.72 bits per heavy atom. The lowest BCUT2D eigenvalue weighted by molar-refractivity contribution is -0.141. The lowest BCUT2D eigenvalue weighted by Gasteiger charge is -2.36. The smallest absolute Gasteiger partial charge is 0.336 e. The molecule has 1 aromatic heterocycles. The number of halogens is 3. The summed E-state index contributed by atoms with van der Waals surface area (Å²) in [7, 11) is 0. The average Bonchev–Trinajstić information content (AvgIpc) is 3.05. The van der Waals surface area contributed by atoms with Crippen LogP contribution in [-0.4, -0.2) is 39.2 Å². The summed E-state index contributed by atoms with van der Waals surface area (Å²) in [5.74, 6) is -0.149. The Morgan fingerprint density at radius 2 is 2.08 bits per heavy atom. The van der Waals surface area contributed by atoms with Crippen LogP contribution in [0, 0.1) is 0 Å². The maximum Gasteiger partial charge on any atom is 0.435 e. The van der Waals surface area contributed by atoms with E-state index in [9.17, 15) is 18.0 Å². The molecule has 3 rings (SSSR count).